The molecule has 4 aliphatic carbocycles. The fourth-order valence-electron chi connectivity index (χ4n) is 17.7. The van der Waals surface area contributed by atoms with Crippen LogP contribution in [0.25, 0.3) is 32.3 Å². The molecule has 0 radical (unpaired) electrons. The van der Waals surface area contributed by atoms with Crippen molar-refractivity contribution in [1.82, 2.24) is 0 Å². The lowest BCUT2D eigenvalue weighted by Gasteiger charge is -2.45. The molecule has 1 aromatic heterocycles. The van der Waals surface area contributed by atoms with Crippen LogP contribution in [0.1, 0.15) is 198 Å². The van der Waals surface area contributed by atoms with Gasteiger partial charge in [0.05, 0.1) is 11.4 Å². The van der Waals surface area contributed by atoms with Crippen molar-refractivity contribution < 1.29 is 0 Å². The number of fused-ring (bicyclic) bond motifs is 13. The summed E-state index contributed by atoms with van der Waals surface area (Å²) in [6, 6.07) is 70.3. The Kier molecular flexibility index (Phi) is 12.8. The molecule has 458 valence electrons. The van der Waals surface area contributed by atoms with E-state index in [0.29, 0.717) is 0 Å². The minimum absolute atomic E-state index is 0.00707. The second-order valence-electron chi connectivity index (χ2n) is 33.1. The summed E-state index contributed by atoms with van der Waals surface area (Å²) in [6.07, 6.45) is 9.56. The Balaban J connectivity index is 0.986. The number of thiophene rings is 1. The first-order valence-electron chi connectivity index (χ1n) is 34.2. The van der Waals surface area contributed by atoms with E-state index in [9.17, 15) is 0 Å². The monoisotopic (exact) mass is 1210 g/mol. The summed E-state index contributed by atoms with van der Waals surface area (Å²) in [5.41, 5.74) is 32.4. The van der Waals surface area contributed by atoms with Crippen molar-refractivity contribution in [3.63, 3.8) is 0 Å². The van der Waals surface area contributed by atoms with Gasteiger partial charge in [-0.05, 0) is 234 Å². The molecule has 1 fully saturated rings. The lowest BCUT2D eigenvalue weighted by atomic mass is 9.36. The van der Waals surface area contributed by atoms with Gasteiger partial charge in [0.1, 0.15) is 0 Å². The molecular formula is C86H90BN3S. The van der Waals surface area contributed by atoms with Crippen LogP contribution in [0, 0.1) is 6.92 Å². The second-order valence-corrected chi connectivity index (χ2v) is 34.2. The Bertz CT molecular complexity index is 4650. The third-order valence-electron chi connectivity index (χ3n) is 23.3. The highest BCUT2D eigenvalue weighted by Crippen LogP contribution is 2.60. The van der Waals surface area contributed by atoms with Gasteiger partial charge in [0, 0.05) is 65.7 Å². The van der Waals surface area contributed by atoms with Crippen molar-refractivity contribution in [2.75, 3.05) is 14.7 Å². The van der Waals surface area contributed by atoms with E-state index in [4.69, 9.17) is 0 Å². The van der Waals surface area contributed by atoms with Crippen LogP contribution < -0.4 is 30.4 Å². The average Bonchev–Trinajstić information content (AvgIpc) is 1.66. The zero-order chi connectivity index (χ0) is 63.3. The van der Waals surface area contributed by atoms with E-state index in [1.54, 1.807) is 5.56 Å². The third kappa shape index (κ3) is 8.92. The van der Waals surface area contributed by atoms with Crippen LogP contribution >= 0.6 is 11.3 Å². The number of hydrogen-bond acceptors (Lipinski definition) is 4. The van der Waals surface area contributed by atoms with Crippen molar-refractivity contribution in [2.45, 2.75) is 193 Å². The smallest absolute Gasteiger partial charge is 0.264 e. The molecule has 2 aliphatic heterocycles. The highest BCUT2D eigenvalue weighted by atomic mass is 32.1. The average molecular weight is 1210 g/mol. The molecule has 5 heteroatoms. The van der Waals surface area contributed by atoms with Gasteiger partial charge in [0.25, 0.3) is 6.71 Å². The fourth-order valence-corrected chi connectivity index (χ4v) is 19.1. The standard InChI is InChI=1S/C86H90BN3S/c1-53-45-74-77-75(46-53)90(59-32-36-63-62-35-29-56(81(5,6)7)47-66(62)86(67(63)48-59)39-21-22-40-86)78-64-51-69-70(85(14,15)44-43-84(69,12)13)52-76(64)91-79(78)87(77)71-38-34-60(50-73(71)89(74)58-33-37-65-68(49-58)83(10,11)42-41-82(65,8)9)88(57-30-27-55(28-31-57)80(2,3)4)72-26-20-19-25-61(72)54-23-17-16-18-24-54/h16-20,23-38,45-52H,21-22,39-44H2,1-15H3. The molecule has 10 aromatic rings. The van der Waals surface area contributed by atoms with Gasteiger partial charge in [-0.3, -0.25) is 0 Å². The van der Waals surface area contributed by atoms with Gasteiger partial charge < -0.3 is 14.7 Å². The van der Waals surface area contributed by atoms with Crippen LogP contribution in [-0.2, 0) is 37.9 Å². The summed E-state index contributed by atoms with van der Waals surface area (Å²) in [7, 11) is 0. The van der Waals surface area contributed by atoms with E-state index in [0.717, 1.165) is 23.5 Å². The Labute approximate surface area is 547 Å². The topological polar surface area (TPSA) is 9.72 Å². The zero-order valence-electron chi connectivity index (χ0n) is 56.7. The maximum atomic E-state index is 2.79. The maximum absolute atomic E-state index is 2.79. The lowest BCUT2D eigenvalue weighted by molar-refractivity contribution is 0.332. The highest BCUT2D eigenvalue weighted by Gasteiger charge is 2.50. The van der Waals surface area contributed by atoms with Crippen LogP contribution in [-0.4, -0.2) is 6.71 Å². The predicted molar refractivity (Wildman–Crippen MR) is 393 cm³/mol. The van der Waals surface area contributed by atoms with Crippen molar-refractivity contribution in [3.8, 4) is 22.3 Å². The molecule has 3 nitrogen and oxygen atoms in total. The number of nitrogens with zero attached hydrogens (tertiary/aromatic N) is 3. The van der Waals surface area contributed by atoms with Gasteiger partial charge >= 0.3 is 0 Å². The first kappa shape index (κ1) is 58.5. The van der Waals surface area contributed by atoms with Crippen molar-refractivity contribution in [2.24, 2.45) is 0 Å². The van der Waals surface area contributed by atoms with Crippen molar-refractivity contribution in [1.29, 1.82) is 0 Å². The van der Waals surface area contributed by atoms with Crippen molar-refractivity contribution >= 4 is 95.0 Å². The highest BCUT2D eigenvalue weighted by molar-refractivity contribution is 7.33. The number of benzene rings is 9. The molecule has 6 aliphatic rings. The van der Waals surface area contributed by atoms with Crippen LogP contribution in [0.2, 0.25) is 0 Å². The summed E-state index contributed by atoms with van der Waals surface area (Å²) < 4.78 is 2.83. The maximum Gasteiger partial charge on any atom is 0.264 e. The normalized spacial score (nSPS) is 18.3. The van der Waals surface area contributed by atoms with E-state index in [-0.39, 0.29) is 44.6 Å². The molecule has 0 amide bonds. The molecule has 1 spiro atoms. The number of anilines is 9. The van der Waals surface area contributed by atoms with Crippen LogP contribution in [0.15, 0.2) is 176 Å². The molecule has 0 saturated heterocycles. The van der Waals surface area contributed by atoms with Gasteiger partial charge in [-0.25, -0.2) is 0 Å². The van der Waals surface area contributed by atoms with Gasteiger partial charge in [-0.15, -0.1) is 11.3 Å². The number of aryl methyl sites for hydroxylation is 1. The van der Waals surface area contributed by atoms with E-state index in [2.05, 4.69) is 306 Å². The largest absolute Gasteiger partial charge is 0.311 e. The summed E-state index contributed by atoms with van der Waals surface area (Å²) >= 11 is 2.07. The van der Waals surface area contributed by atoms with Gasteiger partial charge in [-0.1, -0.05) is 207 Å². The Morgan fingerprint density at radius 1 is 0.440 bits per heavy atom. The molecule has 16 rings (SSSR count). The third-order valence-corrected chi connectivity index (χ3v) is 24.5. The Morgan fingerprint density at radius 2 is 0.978 bits per heavy atom. The predicted octanol–water partition coefficient (Wildman–Crippen LogP) is 22.6. The first-order valence-corrected chi connectivity index (χ1v) is 35.0. The lowest BCUT2D eigenvalue weighted by Crippen LogP contribution is -2.60. The molecule has 1 saturated carbocycles. The molecule has 91 heavy (non-hydrogen) atoms. The summed E-state index contributed by atoms with van der Waals surface area (Å²) in [4.78, 5) is 8.04. The van der Waals surface area contributed by atoms with Crippen LogP contribution in [0.4, 0.5) is 51.2 Å². The molecule has 0 unspecified atom stereocenters. The Morgan fingerprint density at radius 3 is 1.65 bits per heavy atom. The van der Waals surface area contributed by atoms with Crippen molar-refractivity contribution in [3.05, 3.63) is 226 Å². The zero-order valence-corrected chi connectivity index (χ0v) is 57.5. The second kappa shape index (κ2) is 20.0. The van der Waals surface area contributed by atoms with E-state index in [1.807, 2.05) is 0 Å². The van der Waals surface area contributed by atoms with E-state index >= 15 is 0 Å². The number of para-hydroxylation sites is 1. The van der Waals surface area contributed by atoms with E-state index < -0.39 is 0 Å². The molecular weight excluding hydrogens is 1120 g/mol. The number of hydrogen-bond donors (Lipinski definition) is 0. The molecule has 0 N–H and O–H groups in total. The van der Waals surface area contributed by atoms with Crippen LogP contribution in [0.3, 0.4) is 0 Å². The molecule has 0 bridgehead atoms. The summed E-state index contributed by atoms with van der Waals surface area (Å²) in [6.45, 7) is 36.3. The Hall–Kier alpha value is -7.60. The summed E-state index contributed by atoms with van der Waals surface area (Å²) in [5.74, 6) is 0. The minimum Gasteiger partial charge on any atom is -0.311 e. The minimum atomic E-state index is -0.0348. The molecule has 3 heterocycles. The SMILES string of the molecule is Cc1cc2c3c(c1)N(c1ccc4c(c1)C1(CCCC1)c1cc(C(C)(C)C)ccc1-4)c1c(sc4cc5c(cc14)C(C)(C)CCC5(C)C)B3c1ccc(N(c3ccc(C(C)(C)C)cc3)c3ccccc3-c3ccccc3)cc1N2c1ccc2c(c1)C(C)(C)CCC2(C)C. The molecule has 0 atom stereocenters. The van der Waals surface area contributed by atoms with Gasteiger partial charge in [0.15, 0.2) is 0 Å². The first-order chi connectivity index (χ1) is 43.2. The van der Waals surface area contributed by atoms with Gasteiger partial charge in [-0.2, -0.15) is 0 Å². The molecule has 9 aromatic carbocycles. The van der Waals surface area contributed by atoms with E-state index in [1.165, 1.54) is 172 Å². The number of rotatable bonds is 6. The van der Waals surface area contributed by atoms with Gasteiger partial charge in [0.2, 0.25) is 0 Å². The fraction of sp³-hybridized carbons (Fsp3) is 0.349. The summed E-state index contributed by atoms with van der Waals surface area (Å²) in [5, 5.41) is 1.38. The quantitative estimate of drug-likeness (QED) is 0.154. The van der Waals surface area contributed by atoms with Crippen LogP contribution in [0.5, 0.6) is 0 Å².